The van der Waals surface area contributed by atoms with E-state index in [1.807, 2.05) is 0 Å². The maximum Gasteiger partial charge on any atom is 0.330 e. The van der Waals surface area contributed by atoms with Gasteiger partial charge in [-0.25, -0.2) is 9.59 Å². The van der Waals surface area contributed by atoms with Crippen LogP contribution in [0.1, 0.15) is 70.7 Å². The first-order valence-electron chi connectivity index (χ1n) is 12.7. The lowest BCUT2D eigenvalue weighted by Gasteiger charge is -2.21. The normalized spacial score (nSPS) is 11.6. The van der Waals surface area contributed by atoms with Crippen LogP contribution in [-0.2, 0) is 35.1 Å². The van der Waals surface area contributed by atoms with Crippen molar-refractivity contribution in [1.29, 1.82) is 0 Å². The number of aliphatic carboxylic acids is 1. The largest absolute Gasteiger partial charge is 0.478 e. The molecule has 0 bridgehead atoms. The molecule has 12 heteroatoms. The number of rotatable bonds is 9. The Morgan fingerprint density at radius 3 is 1.48 bits per heavy atom. The summed E-state index contributed by atoms with van der Waals surface area (Å²) in [6, 6.07) is 6.20. The Hall–Kier alpha value is -3.70. The Labute approximate surface area is 255 Å². The fraction of sp³-hybridized carbons (Fsp3) is 0.333. The number of halogens is 2. The molecular weight excluding hydrogens is 587 g/mol. The number of ether oxygens (including phenoxy) is 1. The minimum absolute atomic E-state index is 0.266. The zero-order valence-corrected chi connectivity index (χ0v) is 26.0. The van der Waals surface area contributed by atoms with Crippen molar-refractivity contribution in [2.24, 2.45) is 0 Å². The van der Waals surface area contributed by atoms with E-state index < -0.39 is 23.1 Å². The van der Waals surface area contributed by atoms with Crippen LogP contribution >= 0.6 is 23.2 Å². The topological polar surface area (TPSA) is 162 Å². The van der Waals surface area contributed by atoms with Gasteiger partial charge >= 0.3 is 11.9 Å². The molecule has 42 heavy (non-hydrogen) atoms. The predicted molar refractivity (Wildman–Crippen MR) is 164 cm³/mol. The zero-order valence-electron chi connectivity index (χ0n) is 24.5. The van der Waals surface area contributed by atoms with Gasteiger partial charge in [-0.1, -0.05) is 23.2 Å². The molecule has 0 heterocycles. The van der Waals surface area contributed by atoms with Gasteiger partial charge in [-0.15, -0.1) is 0 Å². The third-order valence-corrected chi connectivity index (χ3v) is 5.93. The quantitative estimate of drug-likeness (QED) is 0.175. The Bertz CT molecular complexity index is 1390. The van der Waals surface area contributed by atoms with Crippen molar-refractivity contribution in [3.8, 4) is 0 Å². The molecule has 0 atom stereocenters. The first kappa shape index (κ1) is 36.3. The highest BCUT2D eigenvalue weighted by Crippen LogP contribution is 2.34. The van der Waals surface area contributed by atoms with Crippen LogP contribution in [0.25, 0.3) is 12.2 Å². The van der Waals surface area contributed by atoms with Crippen LogP contribution in [0.2, 0.25) is 10.0 Å². The maximum absolute atomic E-state index is 11.4. The Kier molecular flexibility index (Phi) is 13.4. The maximum atomic E-state index is 11.4. The third kappa shape index (κ3) is 12.0. The Morgan fingerprint density at radius 2 is 1.17 bits per heavy atom. The van der Waals surface area contributed by atoms with Crippen molar-refractivity contribution < 1.29 is 39.2 Å². The van der Waals surface area contributed by atoms with Gasteiger partial charge in [-0.3, -0.25) is 9.59 Å². The first-order chi connectivity index (χ1) is 19.3. The second kappa shape index (κ2) is 15.5. The molecule has 0 radical (unpaired) electrons. The Morgan fingerprint density at radius 1 is 0.786 bits per heavy atom. The van der Waals surface area contributed by atoms with Crippen LogP contribution in [0.3, 0.4) is 0 Å². The van der Waals surface area contributed by atoms with Gasteiger partial charge in [0.2, 0.25) is 11.8 Å². The molecule has 0 aliphatic heterocycles. The summed E-state index contributed by atoms with van der Waals surface area (Å²) in [7, 11) is 0. The van der Waals surface area contributed by atoms with Crippen LogP contribution in [0.4, 0.5) is 11.4 Å². The van der Waals surface area contributed by atoms with Crippen LogP contribution in [-0.4, -0.2) is 45.7 Å². The van der Waals surface area contributed by atoms with E-state index in [4.69, 9.17) is 33.0 Å². The van der Waals surface area contributed by atoms with Gasteiger partial charge < -0.3 is 30.7 Å². The third-order valence-electron chi connectivity index (χ3n) is 5.31. The van der Waals surface area contributed by atoms with E-state index in [-0.39, 0.29) is 23.4 Å². The second-order valence-electron chi connectivity index (χ2n) is 10.1. The highest BCUT2D eigenvalue weighted by molar-refractivity contribution is 6.32. The van der Waals surface area contributed by atoms with Gasteiger partial charge in [0.15, 0.2) is 0 Å². The van der Waals surface area contributed by atoms with Gasteiger partial charge in [0.25, 0.3) is 0 Å². The van der Waals surface area contributed by atoms with E-state index in [9.17, 15) is 29.4 Å². The van der Waals surface area contributed by atoms with E-state index in [0.717, 1.165) is 6.08 Å². The number of carbonyl (C=O) groups excluding carboxylic acids is 3. The molecule has 0 aliphatic rings. The summed E-state index contributed by atoms with van der Waals surface area (Å²) in [6.45, 7) is 11.0. The molecule has 0 aliphatic carbocycles. The number of anilines is 2. The standard InChI is InChI=1S/C16H20ClNO4.C14H16ClNO4/c1-5-22-15(20)7-6-11-8-12(16(3,4)21)13(17)9-14(11)18-10(2)19;1-8(17)16-12-7-11(15)10(14(2,3)20)6-9(12)4-5-13(18)19/h6-9,21H,5H2,1-4H3,(H,18,19);4-7,20H,1-3H3,(H,16,17)(H,18,19)/b7-6+;5-4+. The van der Waals surface area contributed by atoms with Crippen molar-refractivity contribution in [1.82, 2.24) is 0 Å². The lowest BCUT2D eigenvalue weighted by atomic mass is 9.95. The minimum Gasteiger partial charge on any atom is -0.478 e. The van der Waals surface area contributed by atoms with Crippen LogP contribution < -0.4 is 10.6 Å². The van der Waals surface area contributed by atoms with E-state index in [0.29, 0.717) is 38.7 Å². The van der Waals surface area contributed by atoms with Gasteiger partial charge in [0.05, 0.1) is 17.8 Å². The fourth-order valence-electron chi connectivity index (χ4n) is 3.50. The molecule has 5 N–H and O–H groups in total. The van der Waals surface area contributed by atoms with Crippen LogP contribution in [0.5, 0.6) is 0 Å². The molecule has 2 aromatic rings. The molecular formula is C30H36Cl2N2O8. The average Bonchev–Trinajstić information content (AvgIpc) is 2.81. The summed E-state index contributed by atoms with van der Waals surface area (Å²) >= 11 is 12.2. The van der Waals surface area contributed by atoms with Gasteiger partial charge in [0.1, 0.15) is 0 Å². The predicted octanol–water partition coefficient (Wildman–Crippen LogP) is 5.73. The summed E-state index contributed by atoms with van der Waals surface area (Å²) in [5.74, 6) is -2.17. The number of esters is 1. The molecule has 10 nitrogen and oxygen atoms in total. The summed E-state index contributed by atoms with van der Waals surface area (Å²) in [6.07, 6.45) is 5.04. The summed E-state index contributed by atoms with van der Waals surface area (Å²) < 4.78 is 4.82. The van der Waals surface area contributed by atoms with E-state index >= 15 is 0 Å². The molecule has 0 fully saturated rings. The van der Waals surface area contributed by atoms with Crippen molar-refractivity contribution in [3.05, 3.63) is 68.7 Å². The highest BCUT2D eigenvalue weighted by atomic mass is 35.5. The zero-order chi connectivity index (χ0) is 32.4. The molecule has 0 unspecified atom stereocenters. The van der Waals surface area contributed by atoms with Crippen LogP contribution in [0.15, 0.2) is 36.4 Å². The van der Waals surface area contributed by atoms with E-state index in [1.165, 1.54) is 38.1 Å². The fourth-order valence-corrected chi connectivity index (χ4v) is 4.29. The molecule has 228 valence electrons. The van der Waals surface area contributed by atoms with Crippen molar-refractivity contribution >= 4 is 70.5 Å². The number of aliphatic hydroxyl groups is 2. The number of benzene rings is 2. The van der Waals surface area contributed by atoms with Crippen molar-refractivity contribution in [3.63, 3.8) is 0 Å². The number of carbonyl (C=O) groups is 4. The van der Waals surface area contributed by atoms with Gasteiger partial charge in [-0.05, 0) is 82.2 Å². The molecule has 2 aromatic carbocycles. The number of carboxylic acid groups (broad SMARTS) is 1. The van der Waals surface area contributed by atoms with E-state index in [1.54, 1.807) is 52.8 Å². The molecule has 0 aromatic heterocycles. The monoisotopic (exact) mass is 622 g/mol. The summed E-state index contributed by atoms with van der Waals surface area (Å²) in [4.78, 5) is 44.5. The molecule has 0 saturated heterocycles. The molecule has 2 rings (SSSR count). The number of hydrogen-bond acceptors (Lipinski definition) is 7. The van der Waals surface area contributed by atoms with Gasteiger partial charge in [-0.2, -0.15) is 0 Å². The summed E-state index contributed by atoms with van der Waals surface area (Å²) in [5, 5.41) is 34.7. The number of hydrogen-bond donors (Lipinski definition) is 5. The molecule has 0 spiro atoms. The summed E-state index contributed by atoms with van der Waals surface area (Å²) in [5.41, 5.74) is 0.425. The number of carboxylic acids is 1. The number of amides is 2. The van der Waals surface area contributed by atoms with Gasteiger partial charge in [0, 0.05) is 58.5 Å². The SMILES string of the molecule is CC(=O)Nc1cc(Cl)c(C(C)(C)O)cc1/C=C/C(=O)O.CCOC(=O)/C=C/c1cc(C(C)(C)O)c(Cl)cc1NC(C)=O. The second-order valence-corrected chi connectivity index (χ2v) is 10.9. The van der Waals surface area contributed by atoms with Crippen molar-refractivity contribution in [2.45, 2.75) is 59.7 Å². The molecule has 2 amide bonds. The first-order valence-corrected chi connectivity index (χ1v) is 13.5. The van der Waals surface area contributed by atoms with Crippen molar-refractivity contribution in [2.75, 3.05) is 17.2 Å². The van der Waals surface area contributed by atoms with Crippen LogP contribution in [0, 0.1) is 0 Å². The Balaban J connectivity index is 0.000000422. The molecule has 0 saturated carbocycles. The smallest absolute Gasteiger partial charge is 0.330 e. The highest BCUT2D eigenvalue weighted by Gasteiger charge is 2.22. The lowest BCUT2D eigenvalue weighted by molar-refractivity contribution is -0.137. The van der Waals surface area contributed by atoms with E-state index in [2.05, 4.69) is 10.6 Å². The lowest BCUT2D eigenvalue weighted by Crippen LogP contribution is -2.17. The number of nitrogens with one attached hydrogen (secondary N) is 2. The average molecular weight is 624 g/mol. The minimum atomic E-state index is -1.18.